The van der Waals surface area contributed by atoms with Crippen LogP contribution < -0.4 is 9.64 Å². The minimum Gasteiger partial charge on any atom is -0.508 e. The summed E-state index contributed by atoms with van der Waals surface area (Å²) < 4.78 is 5.76. The van der Waals surface area contributed by atoms with E-state index in [1.54, 1.807) is 31.3 Å². The van der Waals surface area contributed by atoms with Gasteiger partial charge in [-0.05, 0) is 60.4 Å². The molecule has 2 aromatic rings. The molecule has 5 heteroatoms. The Kier molecular flexibility index (Phi) is 5.73. The maximum absolute atomic E-state index is 12.3. The lowest BCUT2D eigenvalue weighted by atomic mass is 10.0. The van der Waals surface area contributed by atoms with Crippen molar-refractivity contribution < 1.29 is 14.6 Å². The van der Waals surface area contributed by atoms with Gasteiger partial charge in [-0.15, -0.1) is 0 Å². The zero-order valence-corrected chi connectivity index (χ0v) is 15.1. The van der Waals surface area contributed by atoms with Crippen molar-refractivity contribution in [1.82, 2.24) is 0 Å². The van der Waals surface area contributed by atoms with Crippen LogP contribution in [0.2, 0.25) is 5.02 Å². The smallest absolute Gasteiger partial charge is 0.264 e. The third-order valence-corrected chi connectivity index (χ3v) is 4.28. The number of phenolic OH excluding ortho intramolecular Hbond substituents is 1. The lowest BCUT2D eigenvalue weighted by Crippen LogP contribution is -2.31. The maximum atomic E-state index is 12.3. The molecule has 2 aromatic carbocycles. The lowest BCUT2D eigenvalue weighted by molar-refractivity contribution is -0.120. The zero-order chi connectivity index (χ0) is 17.9. The van der Waals surface area contributed by atoms with Crippen LogP contribution >= 0.6 is 11.6 Å². The number of likely N-dealkylation sites (N-methyl/N-ethyl adjacent to an activating group) is 1. The van der Waals surface area contributed by atoms with Crippen LogP contribution in [0.3, 0.4) is 0 Å². The Morgan fingerprint density at radius 2 is 1.88 bits per heavy atom. The van der Waals surface area contributed by atoms with Crippen molar-refractivity contribution in [2.24, 2.45) is 0 Å². The standard InChI is InChI=1S/C19H22ClNO3/c1-12(2)16-10-17(20)13(3)9-18(16)24-11-19(23)21(4)14-5-7-15(22)8-6-14/h5-10,12,22H,11H2,1-4H3. The van der Waals surface area contributed by atoms with E-state index < -0.39 is 0 Å². The molecule has 0 saturated carbocycles. The lowest BCUT2D eigenvalue weighted by Gasteiger charge is -2.20. The van der Waals surface area contributed by atoms with Crippen LogP contribution in [0.1, 0.15) is 30.9 Å². The van der Waals surface area contributed by atoms with E-state index in [1.807, 2.05) is 19.1 Å². The molecule has 0 aliphatic heterocycles. The Labute approximate surface area is 147 Å². The summed E-state index contributed by atoms with van der Waals surface area (Å²) in [5.74, 6) is 0.902. The summed E-state index contributed by atoms with van der Waals surface area (Å²) in [7, 11) is 1.68. The van der Waals surface area contributed by atoms with Crippen LogP contribution in [0, 0.1) is 6.92 Å². The van der Waals surface area contributed by atoms with E-state index in [0.717, 1.165) is 11.1 Å². The molecule has 0 saturated heterocycles. The Hall–Kier alpha value is -2.20. The summed E-state index contributed by atoms with van der Waals surface area (Å²) in [6.45, 7) is 5.94. The first-order valence-corrected chi connectivity index (χ1v) is 8.15. The van der Waals surface area contributed by atoms with Gasteiger partial charge in [0.15, 0.2) is 6.61 Å². The Balaban J connectivity index is 2.11. The molecule has 1 amide bonds. The molecule has 0 bridgehead atoms. The summed E-state index contributed by atoms with van der Waals surface area (Å²) in [5.41, 5.74) is 2.58. The highest BCUT2D eigenvalue weighted by molar-refractivity contribution is 6.31. The second kappa shape index (κ2) is 7.58. The molecule has 0 radical (unpaired) electrons. The summed E-state index contributed by atoms with van der Waals surface area (Å²) in [6, 6.07) is 10.2. The number of amides is 1. The number of anilines is 1. The number of carbonyl (C=O) groups excluding carboxylic acids is 1. The average molecular weight is 348 g/mol. The molecule has 0 aliphatic rings. The normalized spacial score (nSPS) is 10.8. The van der Waals surface area contributed by atoms with Gasteiger partial charge in [0.05, 0.1) is 0 Å². The molecule has 128 valence electrons. The molecule has 0 spiro atoms. The van der Waals surface area contributed by atoms with Crippen molar-refractivity contribution in [3.8, 4) is 11.5 Å². The predicted molar refractivity (Wildman–Crippen MR) is 97.3 cm³/mol. The summed E-state index contributed by atoms with van der Waals surface area (Å²) in [6.07, 6.45) is 0. The molecule has 0 aliphatic carbocycles. The number of aryl methyl sites for hydroxylation is 1. The number of phenols is 1. The summed E-state index contributed by atoms with van der Waals surface area (Å²) in [5, 5.41) is 10.0. The number of rotatable bonds is 5. The maximum Gasteiger partial charge on any atom is 0.264 e. The average Bonchev–Trinajstić information content (AvgIpc) is 2.55. The van der Waals surface area contributed by atoms with E-state index >= 15 is 0 Å². The number of benzene rings is 2. The van der Waals surface area contributed by atoms with Gasteiger partial charge in [-0.25, -0.2) is 0 Å². The van der Waals surface area contributed by atoms with Gasteiger partial charge in [0, 0.05) is 17.8 Å². The number of ether oxygens (including phenoxy) is 1. The highest BCUT2D eigenvalue weighted by atomic mass is 35.5. The number of carbonyl (C=O) groups is 1. The number of nitrogens with zero attached hydrogens (tertiary/aromatic N) is 1. The van der Waals surface area contributed by atoms with Crippen molar-refractivity contribution in [2.45, 2.75) is 26.7 Å². The monoisotopic (exact) mass is 347 g/mol. The highest BCUT2D eigenvalue weighted by Crippen LogP contribution is 2.32. The SMILES string of the molecule is Cc1cc(OCC(=O)N(C)c2ccc(O)cc2)c(C(C)C)cc1Cl. The zero-order valence-electron chi connectivity index (χ0n) is 14.3. The topological polar surface area (TPSA) is 49.8 Å². The van der Waals surface area contributed by atoms with Crippen molar-refractivity contribution >= 4 is 23.2 Å². The van der Waals surface area contributed by atoms with E-state index in [-0.39, 0.29) is 24.2 Å². The second-order valence-electron chi connectivity index (χ2n) is 6.05. The van der Waals surface area contributed by atoms with Crippen molar-refractivity contribution in [3.63, 3.8) is 0 Å². The van der Waals surface area contributed by atoms with Gasteiger partial charge in [-0.3, -0.25) is 4.79 Å². The highest BCUT2D eigenvalue weighted by Gasteiger charge is 2.15. The largest absolute Gasteiger partial charge is 0.508 e. The molecular formula is C19H22ClNO3. The number of hydrogen-bond donors (Lipinski definition) is 1. The molecule has 4 nitrogen and oxygen atoms in total. The van der Waals surface area contributed by atoms with Crippen LogP contribution in [-0.2, 0) is 4.79 Å². The van der Waals surface area contributed by atoms with Gasteiger partial charge in [-0.1, -0.05) is 25.4 Å². The van der Waals surface area contributed by atoms with E-state index in [9.17, 15) is 9.90 Å². The van der Waals surface area contributed by atoms with Crippen LogP contribution in [-0.4, -0.2) is 24.7 Å². The molecular weight excluding hydrogens is 326 g/mol. The second-order valence-corrected chi connectivity index (χ2v) is 6.46. The van der Waals surface area contributed by atoms with E-state index in [0.29, 0.717) is 16.5 Å². The molecule has 0 atom stereocenters. The number of halogens is 1. The van der Waals surface area contributed by atoms with Gasteiger partial charge < -0.3 is 14.7 Å². The third-order valence-electron chi connectivity index (χ3n) is 3.88. The van der Waals surface area contributed by atoms with Crippen LogP contribution in [0.4, 0.5) is 5.69 Å². The third kappa shape index (κ3) is 4.20. The molecule has 1 N–H and O–H groups in total. The molecule has 2 rings (SSSR count). The molecule has 0 fully saturated rings. The Bertz CT molecular complexity index is 726. The quantitative estimate of drug-likeness (QED) is 0.865. The molecule has 0 aromatic heterocycles. The van der Waals surface area contributed by atoms with E-state index in [1.165, 1.54) is 4.90 Å². The fourth-order valence-electron chi connectivity index (χ4n) is 2.30. The first-order chi connectivity index (χ1) is 11.3. The minimum atomic E-state index is -0.178. The van der Waals surface area contributed by atoms with Crippen LogP contribution in [0.25, 0.3) is 0 Å². The van der Waals surface area contributed by atoms with Crippen LogP contribution in [0.15, 0.2) is 36.4 Å². The Morgan fingerprint density at radius 3 is 2.46 bits per heavy atom. The molecule has 24 heavy (non-hydrogen) atoms. The first-order valence-electron chi connectivity index (χ1n) is 7.78. The van der Waals surface area contributed by atoms with Gasteiger partial charge >= 0.3 is 0 Å². The van der Waals surface area contributed by atoms with Crippen LogP contribution in [0.5, 0.6) is 11.5 Å². The first kappa shape index (κ1) is 18.1. The van der Waals surface area contributed by atoms with Gasteiger partial charge in [0.1, 0.15) is 11.5 Å². The summed E-state index contributed by atoms with van der Waals surface area (Å²) in [4.78, 5) is 13.8. The fourth-order valence-corrected chi connectivity index (χ4v) is 2.48. The van der Waals surface area contributed by atoms with E-state index in [4.69, 9.17) is 16.3 Å². The van der Waals surface area contributed by atoms with Crippen molar-refractivity contribution in [1.29, 1.82) is 0 Å². The molecule has 0 heterocycles. The van der Waals surface area contributed by atoms with Gasteiger partial charge in [-0.2, -0.15) is 0 Å². The van der Waals surface area contributed by atoms with Crippen molar-refractivity contribution in [3.05, 3.63) is 52.5 Å². The van der Waals surface area contributed by atoms with Gasteiger partial charge in [0.2, 0.25) is 0 Å². The summed E-state index contributed by atoms with van der Waals surface area (Å²) >= 11 is 6.18. The van der Waals surface area contributed by atoms with Gasteiger partial charge in [0.25, 0.3) is 5.91 Å². The Morgan fingerprint density at radius 1 is 1.25 bits per heavy atom. The predicted octanol–water partition coefficient (Wildman–Crippen LogP) is 4.52. The fraction of sp³-hybridized carbons (Fsp3) is 0.316. The molecule has 0 unspecified atom stereocenters. The number of aromatic hydroxyl groups is 1. The number of hydrogen-bond acceptors (Lipinski definition) is 3. The minimum absolute atomic E-state index is 0.0713. The van der Waals surface area contributed by atoms with Crippen molar-refractivity contribution in [2.75, 3.05) is 18.6 Å². The van der Waals surface area contributed by atoms with E-state index in [2.05, 4.69) is 13.8 Å².